The zero-order valence-corrected chi connectivity index (χ0v) is 20.6. The van der Waals surface area contributed by atoms with Gasteiger partial charge in [-0.3, -0.25) is 29.9 Å². The summed E-state index contributed by atoms with van der Waals surface area (Å²) >= 11 is 6.58. The highest BCUT2D eigenvalue weighted by molar-refractivity contribution is 8.27. The van der Waals surface area contributed by atoms with Gasteiger partial charge in [0.25, 0.3) is 11.6 Å². The van der Waals surface area contributed by atoms with E-state index in [0.29, 0.717) is 20.5 Å². The SMILES string of the molecule is CN(C)c1ccc(N2C(=O)/C(=C\c3ccccc3Oc3ccc([N+](=O)[O-])cc3[N+](=O)[O-])SC2=S)cc1. The topological polar surface area (TPSA) is 119 Å². The van der Waals surface area contributed by atoms with Gasteiger partial charge in [0, 0.05) is 31.4 Å². The monoisotopic (exact) mass is 522 g/mol. The molecule has 0 aromatic heterocycles. The third kappa shape index (κ3) is 5.04. The zero-order valence-electron chi connectivity index (χ0n) is 19.0. The first kappa shape index (κ1) is 24.8. The molecule has 10 nitrogen and oxygen atoms in total. The van der Waals surface area contributed by atoms with Crippen LogP contribution in [0.15, 0.2) is 71.6 Å². The van der Waals surface area contributed by atoms with Crippen molar-refractivity contribution in [1.29, 1.82) is 0 Å². The number of thiocarbonyl (C=S) groups is 1. The van der Waals surface area contributed by atoms with Crippen molar-refractivity contribution in [2.75, 3.05) is 23.9 Å². The Balaban J connectivity index is 1.65. The molecule has 0 radical (unpaired) electrons. The van der Waals surface area contributed by atoms with Crippen LogP contribution in [0, 0.1) is 20.2 Å². The predicted molar refractivity (Wildman–Crippen MR) is 143 cm³/mol. The Bertz CT molecular complexity index is 1420. The lowest BCUT2D eigenvalue weighted by Crippen LogP contribution is -2.27. The lowest BCUT2D eigenvalue weighted by Gasteiger charge is -2.17. The molecule has 0 aliphatic carbocycles. The quantitative estimate of drug-likeness (QED) is 0.165. The van der Waals surface area contributed by atoms with E-state index in [9.17, 15) is 25.0 Å². The Hall–Kier alpha value is -4.29. The molecule has 36 heavy (non-hydrogen) atoms. The van der Waals surface area contributed by atoms with Gasteiger partial charge in [0.1, 0.15) is 5.75 Å². The van der Waals surface area contributed by atoms with Crippen LogP contribution in [-0.2, 0) is 4.79 Å². The average molecular weight is 523 g/mol. The number of hydrogen-bond donors (Lipinski definition) is 0. The van der Waals surface area contributed by atoms with Gasteiger partial charge in [-0.1, -0.05) is 42.2 Å². The standard InChI is InChI=1S/C24H18N4O6S2/c1-25(2)16-7-9-17(10-8-16)26-23(29)22(36-24(26)35)13-15-5-3-4-6-20(15)34-21-12-11-18(27(30)31)14-19(21)28(32)33/h3-14H,1-2H3/b22-13+. The molecule has 0 saturated carbocycles. The highest BCUT2D eigenvalue weighted by Crippen LogP contribution is 2.39. The summed E-state index contributed by atoms with van der Waals surface area (Å²) in [5.41, 5.74) is 1.12. The molecule has 0 unspecified atom stereocenters. The summed E-state index contributed by atoms with van der Waals surface area (Å²) in [5, 5.41) is 22.5. The number of nitrogens with zero attached hydrogens (tertiary/aromatic N) is 4. The highest BCUT2D eigenvalue weighted by atomic mass is 32.2. The molecule has 1 heterocycles. The molecular weight excluding hydrogens is 504 g/mol. The molecule has 4 rings (SSSR count). The van der Waals surface area contributed by atoms with Crippen LogP contribution in [0.5, 0.6) is 11.5 Å². The first-order chi connectivity index (χ1) is 17.2. The van der Waals surface area contributed by atoms with Crippen molar-refractivity contribution in [3.63, 3.8) is 0 Å². The summed E-state index contributed by atoms with van der Waals surface area (Å²) in [6.45, 7) is 0. The molecule has 12 heteroatoms. The summed E-state index contributed by atoms with van der Waals surface area (Å²) in [5.74, 6) is -0.242. The lowest BCUT2D eigenvalue weighted by atomic mass is 10.1. The Kier molecular flexibility index (Phi) is 6.99. The van der Waals surface area contributed by atoms with Crippen molar-refractivity contribution in [1.82, 2.24) is 0 Å². The molecule has 1 fully saturated rings. The molecule has 1 saturated heterocycles. The largest absolute Gasteiger partial charge is 0.449 e. The minimum absolute atomic E-state index is 0.167. The summed E-state index contributed by atoms with van der Waals surface area (Å²) < 4.78 is 6.14. The van der Waals surface area contributed by atoms with Gasteiger partial charge in [-0.15, -0.1) is 0 Å². The van der Waals surface area contributed by atoms with Crippen LogP contribution in [-0.4, -0.2) is 34.2 Å². The first-order valence-corrected chi connectivity index (χ1v) is 11.6. The molecular formula is C24H18N4O6S2. The van der Waals surface area contributed by atoms with E-state index in [-0.39, 0.29) is 17.4 Å². The molecule has 0 atom stereocenters. The van der Waals surface area contributed by atoms with Gasteiger partial charge < -0.3 is 9.64 Å². The second-order valence-electron chi connectivity index (χ2n) is 7.73. The van der Waals surface area contributed by atoms with Gasteiger partial charge in [0.15, 0.2) is 4.32 Å². The first-order valence-electron chi connectivity index (χ1n) is 10.4. The molecule has 0 bridgehead atoms. The van der Waals surface area contributed by atoms with Crippen LogP contribution in [0.25, 0.3) is 6.08 Å². The fraction of sp³-hybridized carbons (Fsp3) is 0.0833. The molecule has 1 aliphatic heterocycles. The van der Waals surface area contributed by atoms with Crippen LogP contribution in [0.3, 0.4) is 0 Å². The van der Waals surface area contributed by atoms with E-state index in [1.165, 1.54) is 11.0 Å². The van der Waals surface area contributed by atoms with Crippen LogP contribution in [0.2, 0.25) is 0 Å². The smallest absolute Gasteiger partial charge is 0.318 e. The Morgan fingerprint density at radius 3 is 2.31 bits per heavy atom. The zero-order chi connectivity index (χ0) is 26.0. The van der Waals surface area contributed by atoms with Gasteiger partial charge in [-0.05, 0) is 42.5 Å². The lowest BCUT2D eigenvalue weighted by molar-refractivity contribution is -0.394. The Morgan fingerprint density at radius 1 is 0.972 bits per heavy atom. The molecule has 3 aromatic rings. The summed E-state index contributed by atoms with van der Waals surface area (Å²) in [4.78, 5) is 38.0. The minimum Gasteiger partial charge on any atom is -0.449 e. The molecule has 1 amide bonds. The fourth-order valence-corrected chi connectivity index (χ4v) is 4.68. The van der Waals surface area contributed by atoms with E-state index < -0.39 is 21.2 Å². The number of hydrogen-bond acceptors (Lipinski definition) is 9. The molecule has 0 spiro atoms. The molecule has 3 aromatic carbocycles. The summed E-state index contributed by atoms with van der Waals surface area (Å²) in [6, 6.07) is 17.2. The maximum absolute atomic E-state index is 13.2. The van der Waals surface area contributed by atoms with Crippen molar-refractivity contribution in [2.24, 2.45) is 0 Å². The number of nitro groups is 2. The van der Waals surface area contributed by atoms with Crippen molar-refractivity contribution >= 4 is 63.0 Å². The third-order valence-corrected chi connectivity index (χ3v) is 6.50. The van der Waals surface area contributed by atoms with Gasteiger partial charge >= 0.3 is 5.69 Å². The van der Waals surface area contributed by atoms with E-state index >= 15 is 0 Å². The number of non-ortho nitro benzene ring substituents is 1. The third-order valence-electron chi connectivity index (χ3n) is 5.19. The molecule has 0 N–H and O–H groups in total. The van der Waals surface area contributed by atoms with Crippen LogP contribution in [0.1, 0.15) is 5.56 Å². The van der Waals surface area contributed by atoms with E-state index in [0.717, 1.165) is 29.6 Å². The minimum atomic E-state index is -0.752. The van der Waals surface area contributed by atoms with E-state index in [1.807, 2.05) is 43.3 Å². The van der Waals surface area contributed by atoms with Crippen molar-refractivity contribution in [2.45, 2.75) is 0 Å². The highest BCUT2D eigenvalue weighted by Gasteiger charge is 2.33. The van der Waals surface area contributed by atoms with E-state index in [4.69, 9.17) is 17.0 Å². The van der Waals surface area contributed by atoms with Gasteiger partial charge in [-0.2, -0.15) is 0 Å². The molecule has 182 valence electrons. The van der Waals surface area contributed by atoms with Gasteiger partial charge in [0.2, 0.25) is 5.75 Å². The van der Waals surface area contributed by atoms with Crippen LogP contribution in [0.4, 0.5) is 22.7 Å². The molecule has 1 aliphatic rings. The number of para-hydroxylation sites is 1. The fourth-order valence-electron chi connectivity index (χ4n) is 3.39. The maximum Gasteiger partial charge on any atom is 0.318 e. The second kappa shape index (κ2) is 10.1. The number of rotatable bonds is 7. The van der Waals surface area contributed by atoms with Gasteiger partial charge in [0.05, 0.1) is 26.5 Å². The second-order valence-corrected chi connectivity index (χ2v) is 9.41. The number of thioether (sulfide) groups is 1. The number of carbonyl (C=O) groups is 1. The Morgan fingerprint density at radius 2 is 1.67 bits per heavy atom. The van der Waals surface area contributed by atoms with E-state index in [2.05, 4.69) is 0 Å². The van der Waals surface area contributed by atoms with E-state index in [1.54, 1.807) is 30.3 Å². The average Bonchev–Trinajstić information content (AvgIpc) is 3.12. The number of ether oxygens (including phenoxy) is 1. The number of carbonyl (C=O) groups excluding carboxylic acids is 1. The number of nitro benzene ring substituents is 2. The van der Waals surface area contributed by atoms with Crippen molar-refractivity contribution in [3.05, 3.63) is 97.4 Å². The van der Waals surface area contributed by atoms with Crippen LogP contribution >= 0.6 is 24.0 Å². The van der Waals surface area contributed by atoms with Crippen molar-refractivity contribution < 1.29 is 19.4 Å². The number of benzene rings is 3. The summed E-state index contributed by atoms with van der Waals surface area (Å²) in [6.07, 6.45) is 1.60. The van der Waals surface area contributed by atoms with Gasteiger partial charge in [-0.25, -0.2) is 0 Å². The van der Waals surface area contributed by atoms with Crippen molar-refractivity contribution in [3.8, 4) is 11.5 Å². The predicted octanol–water partition coefficient (Wildman–Crippen LogP) is 5.77. The maximum atomic E-state index is 13.2. The Labute approximate surface area is 215 Å². The normalized spacial score (nSPS) is 14.3. The number of anilines is 2. The number of amides is 1. The summed E-state index contributed by atoms with van der Waals surface area (Å²) in [7, 11) is 3.84. The van der Waals surface area contributed by atoms with Crippen LogP contribution < -0.4 is 14.5 Å².